The van der Waals surface area contributed by atoms with Crippen LogP contribution >= 0.6 is 11.6 Å². The lowest BCUT2D eigenvalue weighted by atomic mass is 10.3. The largest absolute Gasteiger partial charge is 0.487 e. The average molecular weight is 346 g/mol. The summed E-state index contributed by atoms with van der Waals surface area (Å²) in [5.74, 6) is 1.17. The number of aromatic nitrogens is 3. The summed E-state index contributed by atoms with van der Waals surface area (Å²) >= 11 is 5.88. The maximum atomic E-state index is 8.86. The summed E-state index contributed by atoms with van der Waals surface area (Å²) in [6.07, 6.45) is 1.79. The van der Waals surface area contributed by atoms with E-state index < -0.39 is 0 Å². The van der Waals surface area contributed by atoms with Crippen LogP contribution in [0, 0.1) is 0 Å². The minimum Gasteiger partial charge on any atom is -0.487 e. The van der Waals surface area contributed by atoms with Gasteiger partial charge >= 0.3 is 0 Å². The Morgan fingerprint density at radius 2 is 1.71 bits per heavy atom. The second kappa shape index (κ2) is 7.81. The minimum atomic E-state index is -0.0518. The van der Waals surface area contributed by atoms with Gasteiger partial charge in [-0.2, -0.15) is 0 Å². The lowest BCUT2D eigenvalue weighted by Gasteiger charge is -2.10. The summed E-state index contributed by atoms with van der Waals surface area (Å²) in [7, 11) is 0. The molecule has 0 atom stereocenters. The molecule has 2 aromatic carbocycles. The Balaban J connectivity index is 1.66. The molecule has 124 valence electrons. The van der Waals surface area contributed by atoms with Gasteiger partial charge in [0.05, 0.1) is 18.5 Å². The third-order valence-corrected chi connectivity index (χ3v) is 3.46. The number of hydrogen-bond donors (Lipinski definition) is 1. The van der Waals surface area contributed by atoms with Crippen molar-refractivity contribution >= 4 is 11.6 Å². The van der Waals surface area contributed by atoms with E-state index in [4.69, 9.17) is 26.2 Å². The molecule has 3 aromatic rings. The molecule has 0 saturated heterocycles. The fourth-order valence-electron chi connectivity index (χ4n) is 2.08. The quantitative estimate of drug-likeness (QED) is 0.713. The molecule has 0 amide bonds. The SMILES string of the molecule is OCCOc1ccccc1OCc1cn(-c2ccc(Cl)cc2)nn1. The van der Waals surface area contributed by atoms with Crippen LogP contribution < -0.4 is 9.47 Å². The van der Waals surface area contributed by atoms with E-state index in [2.05, 4.69) is 10.3 Å². The molecule has 0 aliphatic carbocycles. The Labute approximate surface area is 144 Å². The van der Waals surface area contributed by atoms with E-state index in [9.17, 15) is 0 Å². The Bertz CT molecular complexity index is 790. The lowest BCUT2D eigenvalue weighted by Crippen LogP contribution is -2.04. The normalized spacial score (nSPS) is 10.6. The molecule has 6 nitrogen and oxygen atoms in total. The van der Waals surface area contributed by atoms with Crippen molar-refractivity contribution in [3.8, 4) is 17.2 Å². The highest BCUT2D eigenvalue weighted by Crippen LogP contribution is 2.27. The topological polar surface area (TPSA) is 69.4 Å². The van der Waals surface area contributed by atoms with Crippen LogP contribution in [-0.4, -0.2) is 33.3 Å². The molecule has 0 unspecified atom stereocenters. The van der Waals surface area contributed by atoms with Gasteiger partial charge in [-0.3, -0.25) is 0 Å². The van der Waals surface area contributed by atoms with Gasteiger partial charge in [0.15, 0.2) is 11.5 Å². The molecule has 0 aliphatic heterocycles. The molecule has 0 aliphatic rings. The zero-order chi connectivity index (χ0) is 16.8. The number of para-hydroxylation sites is 2. The number of aliphatic hydroxyl groups is 1. The molecular weight excluding hydrogens is 330 g/mol. The van der Waals surface area contributed by atoms with Gasteiger partial charge in [-0.05, 0) is 36.4 Å². The maximum absolute atomic E-state index is 8.86. The molecule has 0 radical (unpaired) electrons. The van der Waals surface area contributed by atoms with Crippen LogP contribution in [0.1, 0.15) is 5.69 Å². The number of ether oxygens (including phenoxy) is 2. The first-order valence-corrected chi connectivity index (χ1v) is 7.77. The number of nitrogens with zero attached hydrogens (tertiary/aromatic N) is 3. The second-order valence-corrected chi connectivity index (χ2v) is 5.37. The van der Waals surface area contributed by atoms with Gasteiger partial charge in [-0.25, -0.2) is 4.68 Å². The molecule has 0 bridgehead atoms. The summed E-state index contributed by atoms with van der Waals surface area (Å²) in [6.45, 7) is 0.421. The highest BCUT2D eigenvalue weighted by atomic mass is 35.5. The average Bonchev–Trinajstić information content (AvgIpc) is 3.08. The fourth-order valence-corrected chi connectivity index (χ4v) is 2.21. The number of benzene rings is 2. The van der Waals surface area contributed by atoms with Crippen LogP contribution in [0.3, 0.4) is 0 Å². The smallest absolute Gasteiger partial charge is 0.161 e. The molecule has 1 aromatic heterocycles. The Kier molecular flexibility index (Phi) is 5.30. The van der Waals surface area contributed by atoms with Crippen LogP contribution in [-0.2, 0) is 6.61 Å². The van der Waals surface area contributed by atoms with Gasteiger partial charge in [-0.15, -0.1) is 5.10 Å². The molecule has 0 spiro atoms. The van der Waals surface area contributed by atoms with E-state index in [1.807, 2.05) is 24.3 Å². The predicted octanol–water partition coefficient (Wildman–Crippen LogP) is 2.87. The fraction of sp³-hybridized carbons (Fsp3) is 0.176. The maximum Gasteiger partial charge on any atom is 0.161 e. The van der Waals surface area contributed by atoms with Crippen LogP contribution in [0.4, 0.5) is 0 Å². The van der Waals surface area contributed by atoms with Gasteiger partial charge in [0.1, 0.15) is 18.9 Å². The van der Waals surface area contributed by atoms with Crippen molar-refractivity contribution in [2.75, 3.05) is 13.2 Å². The van der Waals surface area contributed by atoms with Crippen molar-refractivity contribution in [3.63, 3.8) is 0 Å². The molecule has 7 heteroatoms. The van der Waals surface area contributed by atoms with Crippen molar-refractivity contribution in [3.05, 3.63) is 65.4 Å². The lowest BCUT2D eigenvalue weighted by molar-refractivity contribution is 0.192. The standard InChI is InChI=1S/C17H16ClN3O3/c18-13-5-7-15(8-6-13)21-11-14(19-20-21)12-24-17-4-2-1-3-16(17)23-10-9-22/h1-8,11,22H,9-10,12H2. The highest BCUT2D eigenvalue weighted by molar-refractivity contribution is 6.30. The third kappa shape index (κ3) is 4.04. The first kappa shape index (κ1) is 16.3. The van der Waals surface area contributed by atoms with Crippen LogP contribution in [0.25, 0.3) is 5.69 Å². The summed E-state index contributed by atoms with van der Waals surface area (Å²) in [6, 6.07) is 14.6. The molecule has 0 fully saturated rings. The number of hydrogen-bond acceptors (Lipinski definition) is 5. The van der Waals surface area contributed by atoms with Crippen molar-refractivity contribution in [2.45, 2.75) is 6.61 Å². The molecule has 1 N–H and O–H groups in total. The van der Waals surface area contributed by atoms with Crippen molar-refractivity contribution in [1.29, 1.82) is 0 Å². The van der Waals surface area contributed by atoms with Gasteiger partial charge in [-0.1, -0.05) is 28.9 Å². The van der Waals surface area contributed by atoms with Crippen LogP contribution in [0.15, 0.2) is 54.7 Å². The van der Waals surface area contributed by atoms with Gasteiger partial charge in [0.2, 0.25) is 0 Å². The second-order valence-electron chi connectivity index (χ2n) is 4.94. The molecule has 1 heterocycles. The Morgan fingerprint density at radius 3 is 2.42 bits per heavy atom. The van der Waals surface area contributed by atoms with Crippen molar-refractivity contribution in [2.24, 2.45) is 0 Å². The number of halogens is 1. The van der Waals surface area contributed by atoms with E-state index in [-0.39, 0.29) is 19.8 Å². The summed E-state index contributed by atoms with van der Waals surface area (Å²) < 4.78 is 12.8. The highest BCUT2D eigenvalue weighted by Gasteiger charge is 2.07. The van der Waals surface area contributed by atoms with E-state index in [1.54, 1.807) is 35.1 Å². The Morgan fingerprint density at radius 1 is 1.00 bits per heavy atom. The van der Waals surface area contributed by atoms with Crippen LogP contribution in [0.2, 0.25) is 5.02 Å². The monoisotopic (exact) mass is 345 g/mol. The van der Waals surface area contributed by atoms with E-state index >= 15 is 0 Å². The number of rotatable bonds is 7. The van der Waals surface area contributed by atoms with E-state index in [0.717, 1.165) is 5.69 Å². The van der Waals surface area contributed by atoms with Gasteiger partial charge in [0.25, 0.3) is 0 Å². The summed E-state index contributed by atoms with van der Waals surface area (Å²) in [5.41, 5.74) is 1.55. The predicted molar refractivity (Wildman–Crippen MR) is 89.7 cm³/mol. The molecule has 3 rings (SSSR count). The summed E-state index contributed by atoms with van der Waals surface area (Å²) in [4.78, 5) is 0. The third-order valence-electron chi connectivity index (χ3n) is 3.21. The first-order valence-electron chi connectivity index (χ1n) is 7.39. The zero-order valence-corrected chi connectivity index (χ0v) is 13.6. The zero-order valence-electron chi connectivity index (χ0n) is 12.8. The molecule has 0 saturated carbocycles. The van der Waals surface area contributed by atoms with Crippen molar-refractivity contribution < 1.29 is 14.6 Å². The van der Waals surface area contributed by atoms with Crippen LogP contribution in [0.5, 0.6) is 11.5 Å². The Hall–Kier alpha value is -2.57. The van der Waals surface area contributed by atoms with E-state index in [0.29, 0.717) is 22.2 Å². The minimum absolute atomic E-state index is 0.0518. The van der Waals surface area contributed by atoms with Gasteiger partial charge < -0.3 is 14.6 Å². The first-order chi connectivity index (χ1) is 11.8. The molecule has 24 heavy (non-hydrogen) atoms. The molecular formula is C17H16ClN3O3. The van der Waals surface area contributed by atoms with E-state index in [1.165, 1.54) is 0 Å². The van der Waals surface area contributed by atoms with Crippen molar-refractivity contribution in [1.82, 2.24) is 15.0 Å². The van der Waals surface area contributed by atoms with Gasteiger partial charge in [0, 0.05) is 5.02 Å². The number of aliphatic hydroxyl groups excluding tert-OH is 1. The summed E-state index contributed by atoms with van der Waals surface area (Å²) in [5, 5.41) is 17.7.